The van der Waals surface area contributed by atoms with Gasteiger partial charge in [0.2, 0.25) is 0 Å². The summed E-state index contributed by atoms with van der Waals surface area (Å²) in [7, 11) is 0. The van der Waals surface area contributed by atoms with E-state index in [1.165, 1.54) is 0 Å². The molecule has 0 atom stereocenters. The van der Waals surface area contributed by atoms with Crippen molar-refractivity contribution >= 4 is 35.0 Å². The van der Waals surface area contributed by atoms with E-state index in [0.29, 0.717) is 28.9 Å². The lowest BCUT2D eigenvalue weighted by atomic mass is 10.1. The number of halogens is 2. The molecule has 0 saturated carbocycles. The Morgan fingerprint density at radius 3 is 2.73 bits per heavy atom. The second-order valence-electron chi connectivity index (χ2n) is 5.51. The second-order valence-corrected chi connectivity index (χ2v) is 6.35. The van der Waals surface area contributed by atoms with Gasteiger partial charge in [0.25, 0.3) is 0 Å². The van der Waals surface area contributed by atoms with Gasteiger partial charge in [-0.05, 0) is 29.8 Å². The first-order valence-corrected chi connectivity index (χ1v) is 8.79. The highest BCUT2D eigenvalue weighted by molar-refractivity contribution is 6.37. The molecule has 3 aromatic rings. The van der Waals surface area contributed by atoms with E-state index in [2.05, 4.69) is 10.1 Å². The molecule has 1 heterocycles. The van der Waals surface area contributed by atoms with Gasteiger partial charge in [-0.25, -0.2) is 4.98 Å². The summed E-state index contributed by atoms with van der Waals surface area (Å²) >= 11 is 12.3. The van der Waals surface area contributed by atoms with Crippen molar-refractivity contribution in [3.8, 4) is 0 Å². The maximum absolute atomic E-state index is 6.32. The van der Waals surface area contributed by atoms with Crippen LogP contribution < -0.4 is 0 Å². The van der Waals surface area contributed by atoms with Crippen molar-refractivity contribution in [3.05, 3.63) is 94.5 Å². The number of benzene rings is 2. The van der Waals surface area contributed by atoms with Gasteiger partial charge in [-0.15, -0.1) is 0 Å². The van der Waals surface area contributed by atoms with E-state index in [1.54, 1.807) is 24.7 Å². The van der Waals surface area contributed by atoms with Gasteiger partial charge in [0.1, 0.15) is 12.3 Å². The molecule has 0 spiro atoms. The summed E-state index contributed by atoms with van der Waals surface area (Å²) < 4.78 is 1.90. The molecule has 26 heavy (non-hydrogen) atoms. The van der Waals surface area contributed by atoms with Crippen LogP contribution in [0.15, 0.2) is 78.5 Å². The van der Waals surface area contributed by atoms with Crippen molar-refractivity contribution in [1.29, 1.82) is 0 Å². The van der Waals surface area contributed by atoms with Crippen LogP contribution in [0.2, 0.25) is 10.0 Å². The van der Waals surface area contributed by atoms with Gasteiger partial charge in [-0.2, -0.15) is 0 Å². The summed E-state index contributed by atoms with van der Waals surface area (Å²) in [6, 6.07) is 15.3. The maximum Gasteiger partial charge on any atom is 0.135 e. The molecule has 0 aliphatic rings. The molecule has 0 unspecified atom stereocenters. The largest absolute Gasteiger partial charge is 0.391 e. The van der Waals surface area contributed by atoms with Gasteiger partial charge in [-0.1, -0.05) is 64.8 Å². The van der Waals surface area contributed by atoms with Crippen LogP contribution in [-0.2, 0) is 11.4 Å². The highest BCUT2D eigenvalue weighted by Crippen LogP contribution is 2.22. The minimum atomic E-state index is 0.355. The number of hydrogen-bond donors (Lipinski definition) is 0. The number of oxime groups is 1. The Hall–Kier alpha value is -2.56. The van der Waals surface area contributed by atoms with Gasteiger partial charge in [0.05, 0.1) is 17.9 Å². The topological polar surface area (TPSA) is 39.4 Å². The molecule has 0 aliphatic heterocycles. The fourth-order valence-electron chi connectivity index (χ4n) is 2.35. The van der Waals surface area contributed by atoms with Crippen LogP contribution in [0.4, 0.5) is 0 Å². The van der Waals surface area contributed by atoms with E-state index in [-0.39, 0.29) is 0 Å². The first-order chi connectivity index (χ1) is 12.7. The van der Waals surface area contributed by atoms with Gasteiger partial charge in [-0.3, -0.25) is 0 Å². The van der Waals surface area contributed by atoms with Crippen LogP contribution in [0.25, 0.3) is 6.08 Å². The molecule has 3 rings (SSSR count). The van der Waals surface area contributed by atoms with E-state index in [4.69, 9.17) is 28.0 Å². The predicted molar refractivity (Wildman–Crippen MR) is 107 cm³/mol. The molecule has 132 valence electrons. The van der Waals surface area contributed by atoms with E-state index in [1.807, 2.05) is 59.3 Å². The number of hydrogen-bond acceptors (Lipinski definition) is 3. The Labute approximate surface area is 162 Å². The molecule has 6 heteroatoms. The molecule has 4 nitrogen and oxygen atoms in total. The highest BCUT2D eigenvalue weighted by Gasteiger charge is 2.11. The molecule has 1 aromatic heterocycles. The van der Waals surface area contributed by atoms with Crippen LogP contribution in [0.3, 0.4) is 0 Å². The Kier molecular flexibility index (Phi) is 6.47. The van der Waals surface area contributed by atoms with Gasteiger partial charge < -0.3 is 9.40 Å². The third-order valence-electron chi connectivity index (χ3n) is 3.59. The minimum absolute atomic E-state index is 0.355. The SMILES string of the molecule is Clc1ccc(/C(Cn2ccnc2)=N/OC/C=C/c2ccccc2)c(Cl)c1. The van der Waals surface area contributed by atoms with Crippen LogP contribution in [0, 0.1) is 0 Å². The van der Waals surface area contributed by atoms with E-state index < -0.39 is 0 Å². The normalized spacial score (nSPS) is 11.8. The zero-order valence-corrected chi connectivity index (χ0v) is 15.4. The molecule has 2 aromatic carbocycles. The Bertz CT molecular complexity index is 891. The van der Waals surface area contributed by atoms with Crippen LogP contribution >= 0.6 is 23.2 Å². The molecule has 0 fully saturated rings. The Balaban J connectivity index is 1.72. The van der Waals surface area contributed by atoms with Crippen molar-refractivity contribution in [2.75, 3.05) is 6.61 Å². The summed E-state index contributed by atoms with van der Waals surface area (Å²) in [5.41, 5.74) is 2.58. The first kappa shape index (κ1) is 18.2. The van der Waals surface area contributed by atoms with Gasteiger partial charge in [0, 0.05) is 23.0 Å². The summed E-state index contributed by atoms with van der Waals surface area (Å²) in [6.07, 6.45) is 9.19. The lowest BCUT2D eigenvalue weighted by Crippen LogP contribution is -2.12. The van der Waals surface area contributed by atoms with Crippen molar-refractivity contribution < 1.29 is 4.84 Å². The molecule has 0 saturated heterocycles. The standard InChI is InChI=1S/C20H17Cl2N3O/c21-17-8-9-18(19(22)13-17)20(14-25-11-10-23-15-25)24-26-12-4-7-16-5-2-1-3-6-16/h1-11,13,15H,12,14H2/b7-4+,24-20+. The quantitative estimate of drug-likeness (QED) is 0.313. The van der Waals surface area contributed by atoms with E-state index in [0.717, 1.165) is 11.1 Å². The monoisotopic (exact) mass is 385 g/mol. The molecule has 0 radical (unpaired) electrons. The lowest BCUT2D eigenvalue weighted by molar-refractivity contribution is 0.174. The highest BCUT2D eigenvalue weighted by atomic mass is 35.5. The van der Waals surface area contributed by atoms with Gasteiger partial charge >= 0.3 is 0 Å². The number of nitrogens with zero attached hydrogens (tertiary/aromatic N) is 3. The minimum Gasteiger partial charge on any atom is -0.391 e. The number of imidazole rings is 1. The molecule has 0 bridgehead atoms. The van der Waals surface area contributed by atoms with Crippen molar-refractivity contribution in [1.82, 2.24) is 9.55 Å². The van der Waals surface area contributed by atoms with Crippen molar-refractivity contribution in [2.24, 2.45) is 5.16 Å². The number of rotatable bonds is 7. The Morgan fingerprint density at radius 2 is 2.00 bits per heavy atom. The second kappa shape index (κ2) is 9.22. The van der Waals surface area contributed by atoms with Crippen molar-refractivity contribution in [3.63, 3.8) is 0 Å². The summed E-state index contributed by atoms with van der Waals surface area (Å²) in [4.78, 5) is 9.53. The summed E-state index contributed by atoms with van der Waals surface area (Å²) in [5, 5.41) is 5.38. The molecular formula is C20H17Cl2N3O. The fourth-order valence-corrected chi connectivity index (χ4v) is 2.86. The van der Waals surface area contributed by atoms with Gasteiger partial charge in [0.15, 0.2) is 0 Å². The third-order valence-corrected chi connectivity index (χ3v) is 4.14. The molecular weight excluding hydrogens is 369 g/mol. The van der Waals surface area contributed by atoms with Crippen LogP contribution in [-0.4, -0.2) is 21.9 Å². The van der Waals surface area contributed by atoms with E-state index >= 15 is 0 Å². The number of aromatic nitrogens is 2. The van der Waals surface area contributed by atoms with Crippen molar-refractivity contribution in [2.45, 2.75) is 6.54 Å². The zero-order chi connectivity index (χ0) is 18.2. The van der Waals surface area contributed by atoms with Crippen LogP contribution in [0.1, 0.15) is 11.1 Å². The van der Waals surface area contributed by atoms with E-state index in [9.17, 15) is 0 Å². The third kappa shape index (κ3) is 5.22. The first-order valence-electron chi connectivity index (χ1n) is 8.04. The average Bonchev–Trinajstić information content (AvgIpc) is 3.15. The molecule has 0 amide bonds. The molecule has 0 N–H and O–H groups in total. The summed E-state index contributed by atoms with van der Waals surface area (Å²) in [5.74, 6) is 0. The molecule has 0 aliphatic carbocycles. The summed E-state index contributed by atoms with van der Waals surface area (Å²) in [6.45, 7) is 0.845. The Morgan fingerprint density at radius 1 is 1.15 bits per heavy atom. The zero-order valence-electron chi connectivity index (χ0n) is 13.9. The maximum atomic E-state index is 6.32. The van der Waals surface area contributed by atoms with Crippen LogP contribution in [0.5, 0.6) is 0 Å². The fraction of sp³-hybridized carbons (Fsp3) is 0.100. The smallest absolute Gasteiger partial charge is 0.135 e. The lowest BCUT2D eigenvalue weighted by Gasteiger charge is -2.09. The predicted octanol–water partition coefficient (Wildman–Crippen LogP) is 5.32. The average molecular weight is 386 g/mol.